The van der Waals surface area contributed by atoms with Gasteiger partial charge in [0.15, 0.2) is 0 Å². The van der Waals surface area contributed by atoms with Gasteiger partial charge in [-0.25, -0.2) is 0 Å². The molecule has 0 aliphatic rings. The van der Waals surface area contributed by atoms with E-state index in [1.165, 1.54) is 22.0 Å². The van der Waals surface area contributed by atoms with E-state index < -0.39 is 0 Å². The van der Waals surface area contributed by atoms with Gasteiger partial charge in [-0.3, -0.25) is 0 Å². The molecule has 0 fully saturated rings. The van der Waals surface area contributed by atoms with Gasteiger partial charge < -0.3 is 10.3 Å². The molecule has 1 heterocycles. The highest BCUT2D eigenvalue weighted by Crippen LogP contribution is 2.25. The summed E-state index contributed by atoms with van der Waals surface area (Å²) in [4.78, 5) is 0. The van der Waals surface area contributed by atoms with Gasteiger partial charge in [0, 0.05) is 23.6 Å². The maximum Gasteiger partial charge on any atom is 0.0480 e. The number of aromatic nitrogens is 1. The fraction of sp³-hybridized carbons (Fsp3) is 0.222. The Kier molecular flexibility index (Phi) is 3.84. The van der Waals surface area contributed by atoms with Crippen LogP contribution >= 0.6 is 0 Å². The molecule has 0 spiro atoms. The summed E-state index contributed by atoms with van der Waals surface area (Å²) in [5.41, 5.74) is 9.41. The lowest BCUT2D eigenvalue weighted by molar-refractivity contribution is 0.630. The predicted molar refractivity (Wildman–Crippen MR) is 85.7 cm³/mol. The third kappa shape index (κ3) is 2.61. The van der Waals surface area contributed by atoms with Crippen LogP contribution in [0.25, 0.3) is 22.0 Å². The van der Waals surface area contributed by atoms with Crippen molar-refractivity contribution >= 4 is 10.9 Å². The first-order chi connectivity index (χ1) is 9.88. The lowest BCUT2D eigenvalue weighted by Gasteiger charge is -2.06. The van der Waals surface area contributed by atoms with E-state index in [1.54, 1.807) is 0 Å². The second-order valence-corrected chi connectivity index (χ2v) is 5.14. The van der Waals surface area contributed by atoms with Crippen LogP contribution < -0.4 is 5.73 Å². The Labute approximate surface area is 119 Å². The van der Waals surface area contributed by atoms with E-state index in [4.69, 9.17) is 5.73 Å². The standard InChI is InChI=1S/C18H20N2/c19-11-4-5-12-20-13-10-17-14-16(8-9-18(17)20)15-6-2-1-3-7-15/h1-3,6-10,13-14H,4-5,11-12,19H2. The Morgan fingerprint density at radius 1 is 0.850 bits per heavy atom. The Morgan fingerprint density at radius 3 is 2.50 bits per heavy atom. The van der Waals surface area contributed by atoms with E-state index in [2.05, 4.69) is 65.4 Å². The first-order valence-electron chi connectivity index (χ1n) is 7.23. The molecule has 102 valence electrons. The molecule has 0 bridgehead atoms. The van der Waals surface area contributed by atoms with Gasteiger partial charge in [0.1, 0.15) is 0 Å². The van der Waals surface area contributed by atoms with Crippen molar-refractivity contribution < 1.29 is 0 Å². The van der Waals surface area contributed by atoms with Gasteiger partial charge in [-0.1, -0.05) is 36.4 Å². The van der Waals surface area contributed by atoms with Crippen molar-refractivity contribution in [3.63, 3.8) is 0 Å². The molecule has 0 atom stereocenters. The minimum Gasteiger partial charge on any atom is -0.347 e. The minimum atomic E-state index is 0.775. The molecule has 3 aromatic rings. The highest BCUT2D eigenvalue weighted by atomic mass is 14.9. The van der Waals surface area contributed by atoms with Gasteiger partial charge in [0.2, 0.25) is 0 Å². The minimum absolute atomic E-state index is 0.775. The summed E-state index contributed by atoms with van der Waals surface area (Å²) in [6, 6.07) is 19.4. The number of nitrogens with zero attached hydrogens (tertiary/aromatic N) is 1. The van der Waals surface area contributed by atoms with Crippen LogP contribution in [0.2, 0.25) is 0 Å². The van der Waals surface area contributed by atoms with Crippen molar-refractivity contribution in [2.45, 2.75) is 19.4 Å². The second-order valence-electron chi connectivity index (χ2n) is 5.14. The number of fused-ring (bicyclic) bond motifs is 1. The molecule has 0 saturated heterocycles. The summed E-state index contributed by atoms with van der Waals surface area (Å²) >= 11 is 0. The van der Waals surface area contributed by atoms with E-state index in [1.807, 2.05) is 0 Å². The summed E-state index contributed by atoms with van der Waals surface area (Å²) in [5.74, 6) is 0. The third-order valence-electron chi connectivity index (χ3n) is 3.73. The molecule has 3 rings (SSSR count). The number of unbranched alkanes of at least 4 members (excludes halogenated alkanes) is 1. The molecule has 0 radical (unpaired) electrons. The van der Waals surface area contributed by atoms with Gasteiger partial charge in [-0.2, -0.15) is 0 Å². The molecule has 2 nitrogen and oxygen atoms in total. The molecule has 2 aromatic carbocycles. The van der Waals surface area contributed by atoms with E-state index in [0.29, 0.717) is 0 Å². The molecule has 0 aliphatic carbocycles. The lowest BCUT2D eigenvalue weighted by atomic mass is 10.0. The van der Waals surface area contributed by atoms with Crippen molar-refractivity contribution in [1.82, 2.24) is 4.57 Å². The molecule has 20 heavy (non-hydrogen) atoms. The van der Waals surface area contributed by atoms with E-state index in [9.17, 15) is 0 Å². The van der Waals surface area contributed by atoms with Crippen molar-refractivity contribution in [2.24, 2.45) is 5.73 Å². The van der Waals surface area contributed by atoms with Crippen LogP contribution in [0.5, 0.6) is 0 Å². The Hall–Kier alpha value is -2.06. The first kappa shape index (κ1) is 12.9. The zero-order valence-electron chi connectivity index (χ0n) is 11.6. The van der Waals surface area contributed by atoms with Crippen LogP contribution in [0.15, 0.2) is 60.8 Å². The summed E-state index contributed by atoms with van der Waals surface area (Å²) in [5, 5.41) is 1.30. The van der Waals surface area contributed by atoms with Crippen LogP contribution in [0.4, 0.5) is 0 Å². The average Bonchev–Trinajstić information content (AvgIpc) is 2.91. The van der Waals surface area contributed by atoms with Crippen molar-refractivity contribution in [2.75, 3.05) is 6.54 Å². The van der Waals surface area contributed by atoms with Crippen molar-refractivity contribution in [3.8, 4) is 11.1 Å². The number of hydrogen-bond donors (Lipinski definition) is 1. The largest absolute Gasteiger partial charge is 0.347 e. The van der Waals surface area contributed by atoms with Crippen LogP contribution in [-0.2, 0) is 6.54 Å². The Balaban J connectivity index is 1.90. The smallest absolute Gasteiger partial charge is 0.0480 e. The van der Waals surface area contributed by atoms with Crippen molar-refractivity contribution in [1.29, 1.82) is 0 Å². The summed E-state index contributed by atoms with van der Waals surface area (Å²) in [6.45, 7) is 1.82. The summed E-state index contributed by atoms with van der Waals surface area (Å²) < 4.78 is 2.32. The average molecular weight is 264 g/mol. The molecule has 0 amide bonds. The zero-order chi connectivity index (χ0) is 13.8. The van der Waals surface area contributed by atoms with Crippen molar-refractivity contribution in [3.05, 3.63) is 60.8 Å². The van der Waals surface area contributed by atoms with Crippen LogP contribution in [0.3, 0.4) is 0 Å². The maximum absolute atomic E-state index is 5.56. The predicted octanol–water partition coefficient (Wildman–Crippen LogP) is 4.05. The lowest BCUT2D eigenvalue weighted by Crippen LogP contribution is -2.02. The zero-order valence-corrected chi connectivity index (χ0v) is 11.6. The van der Waals surface area contributed by atoms with Gasteiger partial charge in [0.05, 0.1) is 0 Å². The first-order valence-corrected chi connectivity index (χ1v) is 7.23. The summed E-state index contributed by atoms with van der Waals surface area (Å²) in [7, 11) is 0. The number of hydrogen-bond acceptors (Lipinski definition) is 1. The molecular weight excluding hydrogens is 244 g/mol. The fourth-order valence-corrected chi connectivity index (χ4v) is 2.63. The quantitative estimate of drug-likeness (QED) is 0.692. The van der Waals surface area contributed by atoms with E-state index in [-0.39, 0.29) is 0 Å². The Bertz CT molecular complexity index is 683. The van der Waals surface area contributed by atoms with Gasteiger partial charge in [-0.05, 0) is 48.7 Å². The van der Waals surface area contributed by atoms with Crippen LogP contribution in [-0.4, -0.2) is 11.1 Å². The maximum atomic E-state index is 5.56. The SMILES string of the molecule is NCCCCn1ccc2cc(-c3ccccc3)ccc21. The molecule has 0 unspecified atom stereocenters. The highest BCUT2D eigenvalue weighted by Gasteiger charge is 2.03. The number of benzene rings is 2. The van der Waals surface area contributed by atoms with Gasteiger partial charge in [0.25, 0.3) is 0 Å². The van der Waals surface area contributed by atoms with Crippen LogP contribution in [0.1, 0.15) is 12.8 Å². The van der Waals surface area contributed by atoms with Gasteiger partial charge in [-0.15, -0.1) is 0 Å². The Morgan fingerprint density at radius 2 is 1.70 bits per heavy atom. The van der Waals surface area contributed by atoms with E-state index in [0.717, 1.165) is 25.9 Å². The second kappa shape index (κ2) is 5.93. The molecule has 2 heteroatoms. The molecule has 1 aromatic heterocycles. The molecule has 0 aliphatic heterocycles. The summed E-state index contributed by atoms with van der Waals surface area (Å²) in [6.07, 6.45) is 4.40. The topological polar surface area (TPSA) is 30.9 Å². The number of nitrogens with two attached hydrogens (primary N) is 1. The van der Waals surface area contributed by atoms with E-state index >= 15 is 0 Å². The fourth-order valence-electron chi connectivity index (χ4n) is 2.63. The number of rotatable bonds is 5. The van der Waals surface area contributed by atoms with Gasteiger partial charge >= 0.3 is 0 Å². The molecule has 2 N–H and O–H groups in total. The normalized spacial score (nSPS) is 11.1. The molecular formula is C18H20N2. The highest BCUT2D eigenvalue weighted by molar-refractivity contribution is 5.85. The monoisotopic (exact) mass is 264 g/mol. The molecule has 0 saturated carbocycles. The third-order valence-corrected chi connectivity index (χ3v) is 3.73. The van der Waals surface area contributed by atoms with Crippen LogP contribution in [0, 0.1) is 0 Å². The number of aryl methyl sites for hydroxylation is 1.